The topological polar surface area (TPSA) is 59.2 Å². The van der Waals surface area contributed by atoms with Gasteiger partial charge < -0.3 is 19.8 Å². The molecule has 0 spiro atoms. The Morgan fingerprint density at radius 1 is 1.35 bits per heavy atom. The monoisotopic (exact) mass is 273 g/mol. The highest BCUT2D eigenvalue weighted by atomic mass is 16.6. The summed E-state index contributed by atoms with van der Waals surface area (Å²) in [7, 11) is 0. The number of imidazole rings is 1. The van der Waals surface area contributed by atoms with Crippen LogP contribution in [-0.4, -0.2) is 23.1 Å². The quantitative estimate of drug-likeness (QED) is 0.821. The lowest BCUT2D eigenvalue weighted by atomic mass is 10.2. The molecule has 2 heterocycles. The number of benzene rings is 1. The molecular formula is C15H19N3O2. The molecule has 1 aromatic carbocycles. The fourth-order valence-electron chi connectivity index (χ4n) is 2.18. The molecule has 0 fully saturated rings. The Morgan fingerprint density at radius 3 is 3.05 bits per heavy atom. The smallest absolute Gasteiger partial charge is 0.190 e. The van der Waals surface area contributed by atoms with Gasteiger partial charge in [-0.15, -0.1) is 0 Å². The SMILES string of the molecule is CCCNCc1cnc(C2COc3ccccc3O2)[nH]1. The summed E-state index contributed by atoms with van der Waals surface area (Å²) in [4.78, 5) is 7.68. The maximum atomic E-state index is 5.92. The molecule has 1 aromatic heterocycles. The zero-order valence-electron chi connectivity index (χ0n) is 11.6. The van der Waals surface area contributed by atoms with Crippen molar-refractivity contribution in [3.05, 3.63) is 42.0 Å². The van der Waals surface area contributed by atoms with E-state index >= 15 is 0 Å². The second kappa shape index (κ2) is 5.96. The van der Waals surface area contributed by atoms with E-state index in [0.717, 1.165) is 42.5 Å². The fraction of sp³-hybridized carbons (Fsp3) is 0.400. The molecule has 0 saturated heterocycles. The van der Waals surface area contributed by atoms with Gasteiger partial charge in [0.25, 0.3) is 0 Å². The van der Waals surface area contributed by atoms with Crippen LogP contribution in [0.25, 0.3) is 0 Å². The van der Waals surface area contributed by atoms with E-state index in [0.29, 0.717) is 6.61 Å². The summed E-state index contributed by atoms with van der Waals surface area (Å²) in [5.74, 6) is 2.37. The molecule has 5 nitrogen and oxygen atoms in total. The third-order valence-electron chi connectivity index (χ3n) is 3.20. The molecule has 5 heteroatoms. The standard InChI is InChI=1S/C15H19N3O2/c1-2-7-16-8-11-9-17-15(18-11)14-10-19-12-5-3-4-6-13(12)20-14/h3-6,9,14,16H,2,7-8,10H2,1H3,(H,17,18). The number of fused-ring (bicyclic) bond motifs is 1. The van der Waals surface area contributed by atoms with Crippen molar-refractivity contribution in [2.24, 2.45) is 0 Å². The van der Waals surface area contributed by atoms with Gasteiger partial charge in [-0.25, -0.2) is 4.98 Å². The number of hydrogen-bond donors (Lipinski definition) is 2. The van der Waals surface area contributed by atoms with Gasteiger partial charge in [0.05, 0.1) is 0 Å². The molecule has 0 bridgehead atoms. The predicted octanol–water partition coefficient (Wildman–Crippen LogP) is 2.42. The minimum atomic E-state index is -0.176. The molecule has 0 amide bonds. The van der Waals surface area contributed by atoms with Crippen LogP contribution in [0.3, 0.4) is 0 Å². The van der Waals surface area contributed by atoms with Crippen LogP contribution in [0.5, 0.6) is 11.5 Å². The zero-order valence-corrected chi connectivity index (χ0v) is 11.6. The van der Waals surface area contributed by atoms with Gasteiger partial charge in [-0.3, -0.25) is 0 Å². The molecule has 1 aliphatic heterocycles. The van der Waals surface area contributed by atoms with E-state index in [9.17, 15) is 0 Å². The van der Waals surface area contributed by atoms with Crippen LogP contribution in [0, 0.1) is 0 Å². The van der Waals surface area contributed by atoms with Crippen LogP contribution < -0.4 is 14.8 Å². The average Bonchev–Trinajstić information content (AvgIpc) is 2.96. The van der Waals surface area contributed by atoms with E-state index in [-0.39, 0.29) is 6.10 Å². The highest BCUT2D eigenvalue weighted by Crippen LogP contribution is 2.34. The lowest BCUT2D eigenvalue weighted by Gasteiger charge is -2.24. The van der Waals surface area contributed by atoms with Gasteiger partial charge >= 0.3 is 0 Å². The molecule has 0 radical (unpaired) electrons. The number of para-hydroxylation sites is 2. The van der Waals surface area contributed by atoms with Crippen molar-refractivity contribution in [3.8, 4) is 11.5 Å². The van der Waals surface area contributed by atoms with E-state index < -0.39 is 0 Å². The van der Waals surface area contributed by atoms with Crippen molar-refractivity contribution in [1.29, 1.82) is 0 Å². The number of aromatic nitrogens is 2. The molecule has 20 heavy (non-hydrogen) atoms. The summed E-state index contributed by atoms with van der Waals surface area (Å²) in [6.45, 7) is 4.43. The summed E-state index contributed by atoms with van der Waals surface area (Å²) in [5, 5.41) is 3.34. The van der Waals surface area contributed by atoms with Crippen LogP contribution in [0.2, 0.25) is 0 Å². The van der Waals surface area contributed by atoms with Crippen molar-refractivity contribution in [2.45, 2.75) is 26.0 Å². The first kappa shape index (κ1) is 13.0. The summed E-state index contributed by atoms with van der Waals surface area (Å²) >= 11 is 0. The largest absolute Gasteiger partial charge is 0.485 e. The second-order valence-corrected chi connectivity index (χ2v) is 4.83. The van der Waals surface area contributed by atoms with Gasteiger partial charge in [0.1, 0.15) is 6.61 Å². The Labute approximate surface area is 118 Å². The average molecular weight is 273 g/mol. The Bertz CT molecular complexity index is 568. The molecular weight excluding hydrogens is 254 g/mol. The van der Waals surface area contributed by atoms with E-state index in [2.05, 4.69) is 22.2 Å². The molecule has 0 saturated carbocycles. The van der Waals surface area contributed by atoms with Crippen LogP contribution in [0.15, 0.2) is 30.5 Å². The lowest BCUT2D eigenvalue weighted by Crippen LogP contribution is -2.22. The molecule has 1 atom stereocenters. The minimum Gasteiger partial charge on any atom is -0.485 e. The van der Waals surface area contributed by atoms with Crippen LogP contribution in [-0.2, 0) is 6.54 Å². The first-order chi connectivity index (χ1) is 9.86. The molecule has 3 rings (SSSR count). The molecule has 1 aliphatic rings. The third kappa shape index (κ3) is 2.77. The molecule has 106 valence electrons. The van der Waals surface area contributed by atoms with Crippen molar-refractivity contribution < 1.29 is 9.47 Å². The summed E-state index contributed by atoms with van der Waals surface area (Å²) < 4.78 is 11.6. The van der Waals surface area contributed by atoms with Gasteiger partial charge in [-0.05, 0) is 25.1 Å². The third-order valence-corrected chi connectivity index (χ3v) is 3.20. The summed E-state index contributed by atoms with van der Waals surface area (Å²) in [5.41, 5.74) is 1.07. The Balaban J connectivity index is 1.66. The van der Waals surface area contributed by atoms with E-state index in [1.807, 2.05) is 30.5 Å². The van der Waals surface area contributed by atoms with Crippen molar-refractivity contribution in [3.63, 3.8) is 0 Å². The van der Waals surface area contributed by atoms with Crippen molar-refractivity contribution in [2.75, 3.05) is 13.2 Å². The number of H-pyrrole nitrogens is 1. The first-order valence-electron chi connectivity index (χ1n) is 7.00. The van der Waals surface area contributed by atoms with E-state index in [1.165, 1.54) is 0 Å². The van der Waals surface area contributed by atoms with Gasteiger partial charge in [-0.2, -0.15) is 0 Å². The van der Waals surface area contributed by atoms with Gasteiger partial charge in [0.15, 0.2) is 23.4 Å². The number of hydrogen-bond acceptors (Lipinski definition) is 4. The molecule has 0 aliphatic carbocycles. The number of ether oxygens (including phenoxy) is 2. The van der Waals surface area contributed by atoms with Crippen LogP contribution in [0.4, 0.5) is 0 Å². The van der Waals surface area contributed by atoms with Crippen LogP contribution >= 0.6 is 0 Å². The zero-order chi connectivity index (χ0) is 13.8. The normalized spacial score (nSPS) is 17.1. The van der Waals surface area contributed by atoms with Gasteiger partial charge in [0, 0.05) is 18.4 Å². The number of nitrogens with one attached hydrogen (secondary N) is 2. The number of nitrogens with zero attached hydrogens (tertiary/aromatic N) is 1. The highest BCUT2D eigenvalue weighted by molar-refractivity contribution is 5.41. The van der Waals surface area contributed by atoms with E-state index in [1.54, 1.807) is 0 Å². The second-order valence-electron chi connectivity index (χ2n) is 4.83. The Morgan fingerprint density at radius 2 is 2.20 bits per heavy atom. The maximum absolute atomic E-state index is 5.92. The molecule has 2 aromatic rings. The van der Waals surface area contributed by atoms with Crippen molar-refractivity contribution >= 4 is 0 Å². The summed E-state index contributed by atoms with van der Waals surface area (Å²) in [6.07, 6.45) is 2.80. The predicted molar refractivity (Wildman–Crippen MR) is 75.9 cm³/mol. The maximum Gasteiger partial charge on any atom is 0.190 e. The van der Waals surface area contributed by atoms with Gasteiger partial charge in [0.2, 0.25) is 0 Å². The van der Waals surface area contributed by atoms with Crippen molar-refractivity contribution in [1.82, 2.24) is 15.3 Å². The Hall–Kier alpha value is -2.01. The lowest BCUT2D eigenvalue weighted by molar-refractivity contribution is 0.0856. The van der Waals surface area contributed by atoms with E-state index in [4.69, 9.17) is 9.47 Å². The highest BCUT2D eigenvalue weighted by Gasteiger charge is 2.24. The number of aromatic amines is 1. The number of rotatable bonds is 5. The van der Waals surface area contributed by atoms with Gasteiger partial charge in [-0.1, -0.05) is 19.1 Å². The Kier molecular flexibility index (Phi) is 3.87. The first-order valence-corrected chi connectivity index (χ1v) is 7.00. The minimum absolute atomic E-state index is 0.176. The summed E-state index contributed by atoms with van der Waals surface area (Å²) in [6, 6.07) is 7.70. The fourth-order valence-corrected chi connectivity index (χ4v) is 2.18. The van der Waals surface area contributed by atoms with Crippen LogP contribution in [0.1, 0.15) is 31.0 Å². The molecule has 2 N–H and O–H groups in total. The molecule has 1 unspecified atom stereocenters.